The summed E-state index contributed by atoms with van der Waals surface area (Å²) in [4.78, 5) is 30.4. The molecule has 0 bridgehead atoms. The van der Waals surface area contributed by atoms with Gasteiger partial charge in [0, 0.05) is 17.7 Å². The fraction of sp³-hybridized carbons (Fsp3) is 0.611. The minimum absolute atomic E-state index is 0.166. The number of carbonyl (C=O) groups is 2. The molecule has 154 valence electrons. The van der Waals surface area contributed by atoms with Crippen molar-refractivity contribution in [3.8, 4) is 0 Å². The highest BCUT2D eigenvalue weighted by molar-refractivity contribution is 5.81. The molecule has 0 aliphatic heterocycles. The van der Waals surface area contributed by atoms with E-state index in [9.17, 15) is 14.7 Å². The Morgan fingerprint density at radius 2 is 2.07 bits per heavy atom. The Hall–Kier alpha value is -2.84. The number of rotatable bonds is 10. The predicted molar refractivity (Wildman–Crippen MR) is 103 cm³/mol. The van der Waals surface area contributed by atoms with Gasteiger partial charge in [0.05, 0.1) is 18.3 Å². The lowest BCUT2D eigenvalue weighted by molar-refractivity contribution is -0.130. The van der Waals surface area contributed by atoms with Crippen molar-refractivity contribution >= 4 is 12.0 Å². The van der Waals surface area contributed by atoms with Gasteiger partial charge in [-0.2, -0.15) is 0 Å². The fourth-order valence-electron chi connectivity index (χ4n) is 2.29. The van der Waals surface area contributed by atoms with Gasteiger partial charge >= 0.3 is 6.09 Å². The number of pyridine rings is 1. The van der Waals surface area contributed by atoms with Crippen molar-refractivity contribution < 1.29 is 19.4 Å². The van der Waals surface area contributed by atoms with Gasteiger partial charge in [0.25, 0.3) is 0 Å². The zero-order chi connectivity index (χ0) is 21.0. The molecule has 0 fully saturated rings. The van der Waals surface area contributed by atoms with Crippen LogP contribution in [0.1, 0.15) is 45.7 Å². The first-order valence-corrected chi connectivity index (χ1v) is 9.09. The van der Waals surface area contributed by atoms with Crippen molar-refractivity contribution in [2.75, 3.05) is 6.54 Å². The summed E-state index contributed by atoms with van der Waals surface area (Å²) in [5.41, 5.74) is 8.77. The average molecular weight is 392 g/mol. The number of nitrogens with zero attached hydrogens (tertiary/aromatic N) is 4. The van der Waals surface area contributed by atoms with Gasteiger partial charge in [0.2, 0.25) is 5.91 Å². The van der Waals surface area contributed by atoms with E-state index >= 15 is 0 Å². The second-order valence-electron chi connectivity index (χ2n) is 7.18. The number of aliphatic hydroxyl groups excluding tert-OH is 1. The molecule has 3 N–H and O–H groups in total. The van der Waals surface area contributed by atoms with Gasteiger partial charge in [-0.1, -0.05) is 17.6 Å². The Balaban J connectivity index is 2.37. The van der Waals surface area contributed by atoms with Crippen molar-refractivity contribution in [1.82, 2.24) is 15.6 Å². The van der Waals surface area contributed by atoms with Gasteiger partial charge in [-0.3, -0.25) is 9.78 Å². The lowest BCUT2D eigenvalue weighted by Gasteiger charge is -2.20. The summed E-state index contributed by atoms with van der Waals surface area (Å²) in [6, 6.07) is 4.40. The van der Waals surface area contributed by atoms with Crippen molar-refractivity contribution in [3.05, 3.63) is 40.5 Å². The lowest BCUT2D eigenvalue weighted by Crippen LogP contribution is -2.41. The molecule has 0 saturated carbocycles. The number of hydrogen-bond acceptors (Lipinski definition) is 6. The summed E-state index contributed by atoms with van der Waals surface area (Å²) < 4.78 is 5.12. The summed E-state index contributed by atoms with van der Waals surface area (Å²) in [5, 5.41) is 18.9. The van der Waals surface area contributed by atoms with E-state index < -0.39 is 29.7 Å². The monoisotopic (exact) mass is 392 g/mol. The molecule has 0 aromatic carbocycles. The third-order valence-electron chi connectivity index (χ3n) is 3.60. The molecule has 0 spiro atoms. The molecule has 10 heteroatoms. The minimum Gasteiger partial charge on any atom is -0.444 e. The van der Waals surface area contributed by atoms with E-state index in [2.05, 4.69) is 25.6 Å². The number of azide groups is 1. The maximum Gasteiger partial charge on any atom is 0.407 e. The SMILES string of the molecule is CC(C)(C)OC(=O)NCCCC[C@H](N=[N+]=[N-])[C@H](O)C(=O)NCc1ccccn1. The third kappa shape index (κ3) is 9.75. The Labute approximate surface area is 164 Å². The van der Waals surface area contributed by atoms with Crippen LogP contribution in [0, 0.1) is 0 Å². The number of amides is 2. The molecule has 2 atom stereocenters. The number of unbranched alkanes of at least 4 members (excludes halogenated alkanes) is 1. The van der Waals surface area contributed by atoms with Crippen LogP contribution >= 0.6 is 0 Å². The molecule has 10 nitrogen and oxygen atoms in total. The van der Waals surface area contributed by atoms with E-state index in [1.807, 2.05) is 0 Å². The van der Waals surface area contributed by atoms with Crippen molar-refractivity contribution in [3.63, 3.8) is 0 Å². The Kier molecular flexibility index (Phi) is 9.76. The molecule has 1 aromatic rings. The number of nitrogens with one attached hydrogen (secondary N) is 2. The second-order valence-corrected chi connectivity index (χ2v) is 7.18. The van der Waals surface area contributed by atoms with Crippen LogP contribution in [-0.2, 0) is 16.1 Å². The largest absolute Gasteiger partial charge is 0.444 e. The Morgan fingerprint density at radius 3 is 2.68 bits per heavy atom. The van der Waals surface area contributed by atoms with Gasteiger partial charge in [-0.25, -0.2) is 4.79 Å². The number of aliphatic hydroxyl groups is 1. The maximum atomic E-state index is 12.1. The van der Waals surface area contributed by atoms with Gasteiger partial charge in [0.1, 0.15) is 11.7 Å². The van der Waals surface area contributed by atoms with Crippen LogP contribution in [0.3, 0.4) is 0 Å². The second kappa shape index (κ2) is 11.8. The average Bonchev–Trinajstić information content (AvgIpc) is 2.63. The molecule has 1 heterocycles. The number of ether oxygens (including phenoxy) is 1. The van der Waals surface area contributed by atoms with E-state index in [4.69, 9.17) is 10.3 Å². The van der Waals surface area contributed by atoms with E-state index in [1.165, 1.54) is 0 Å². The van der Waals surface area contributed by atoms with Gasteiger partial charge in [0.15, 0.2) is 0 Å². The topological polar surface area (TPSA) is 149 Å². The third-order valence-corrected chi connectivity index (χ3v) is 3.60. The van der Waals surface area contributed by atoms with Crippen LogP contribution in [0.4, 0.5) is 4.79 Å². The zero-order valence-corrected chi connectivity index (χ0v) is 16.5. The molecular formula is C18H28N6O4. The first-order valence-electron chi connectivity index (χ1n) is 9.09. The molecule has 0 radical (unpaired) electrons. The number of aromatic nitrogens is 1. The maximum absolute atomic E-state index is 12.1. The zero-order valence-electron chi connectivity index (χ0n) is 16.5. The van der Waals surface area contributed by atoms with E-state index in [0.717, 1.165) is 0 Å². The summed E-state index contributed by atoms with van der Waals surface area (Å²) in [5.74, 6) is -0.630. The molecule has 1 rings (SSSR count). The van der Waals surface area contributed by atoms with Crippen LogP contribution in [-0.4, -0.2) is 46.4 Å². The van der Waals surface area contributed by atoms with E-state index in [1.54, 1.807) is 45.2 Å². The van der Waals surface area contributed by atoms with Crippen LogP contribution in [0.5, 0.6) is 0 Å². The van der Waals surface area contributed by atoms with Gasteiger partial charge < -0.3 is 20.5 Å². The van der Waals surface area contributed by atoms with Crippen molar-refractivity contribution in [1.29, 1.82) is 0 Å². The first-order chi connectivity index (χ1) is 13.2. The summed E-state index contributed by atoms with van der Waals surface area (Å²) in [7, 11) is 0. The lowest BCUT2D eigenvalue weighted by atomic mass is 10.0. The predicted octanol–water partition coefficient (Wildman–Crippen LogP) is 2.43. The molecule has 0 saturated heterocycles. The standard InChI is InChI=1S/C18H28N6O4/c1-18(2,3)28-17(27)21-11-7-5-9-14(23-24-19)15(25)16(26)22-12-13-8-4-6-10-20-13/h4,6,8,10,14-15,25H,5,7,9,11-12H2,1-3H3,(H,21,27)(H,22,26)/t14-,15-/m0/s1. The van der Waals surface area contributed by atoms with Gasteiger partial charge in [-0.05, 0) is 51.3 Å². The number of alkyl carbamates (subject to hydrolysis) is 1. The smallest absolute Gasteiger partial charge is 0.407 e. The van der Waals surface area contributed by atoms with E-state index in [0.29, 0.717) is 31.5 Å². The first kappa shape index (κ1) is 23.2. The molecule has 2 amide bonds. The highest BCUT2D eigenvalue weighted by Crippen LogP contribution is 2.11. The Morgan fingerprint density at radius 1 is 1.32 bits per heavy atom. The molecular weight excluding hydrogens is 364 g/mol. The molecule has 0 unspecified atom stereocenters. The molecule has 0 aliphatic rings. The quantitative estimate of drug-likeness (QED) is 0.242. The Bertz CT molecular complexity index is 670. The highest BCUT2D eigenvalue weighted by atomic mass is 16.6. The summed E-state index contributed by atoms with van der Waals surface area (Å²) in [6.45, 7) is 5.87. The van der Waals surface area contributed by atoms with Crippen LogP contribution in [0.15, 0.2) is 29.5 Å². The van der Waals surface area contributed by atoms with Gasteiger partial charge in [-0.15, -0.1) is 0 Å². The minimum atomic E-state index is -1.46. The molecule has 1 aromatic heterocycles. The highest BCUT2D eigenvalue weighted by Gasteiger charge is 2.25. The normalized spacial score (nSPS) is 13.0. The molecule has 0 aliphatic carbocycles. The van der Waals surface area contributed by atoms with Crippen molar-refractivity contribution in [2.45, 2.75) is 64.3 Å². The van der Waals surface area contributed by atoms with Crippen LogP contribution in [0.2, 0.25) is 0 Å². The summed E-state index contributed by atoms with van der Waals surface area (Å²) >= 11 is 0. The van der Waals surface area contributed by atoms with Crippen LogP contribution in [0.25, 0.3) is 10.4 Å². The molecule has 28 heavy (non-hydrogen) atoms. The number of hydrogen-bond donors (Lipinski definition) is 3. The van der Waals surface area contributed by atoms with Crippen LogP contribution < -0.4 is 10.6 Å². The van der Waals surface area contributed by atoms with E-state index in [-0.39, 0.29) is 6.54 Å². The summed E-state index contributed by atoms with van der Waals surface area (Å²) in [6.07, 6.45) is 1.07. The van der Waals surface area contributed by atoms with Crippen molar-refractivity contribution in [2.24, 2.45) is 5.11 Å². The fourth-order valence-corrected chi connectivity index (χ4v) is 2.29. The number of carbonyl (C=O) groups excluding carboxylic acids is 2.